The van der Waals surface area contributed by atoms with Crippen molar-refractivity contribution in [3.63, 3.8) is 0 Å². The van der Waals surface area contributed by atoms with E-state index in [0.29, 0.717) is 0 Å². The van der Waals surface area contributed by atoms with Crippen molar-refractivity contribution < 1.29 is 0 Å². The summed E-state index contributed by atoms with van der Waals surface area (Å²) in [4.78, 5) is 0. The Kier molecular flexibility index (Phi) is 5.80. The lowest BCUT2D eigenvalue weighted by Gasteiger charge is -2.20. The molecule has 0 spiro atoms. The number of rotatable bonds is 3. The fourth-order valence-corrected chi connectivity index (χ4v) is 4.76. The summed E-state index contributed by atoms with van der Waals surface area (Å²) < 4.78 is 0. The highest BCUT2D eigenvalue weighted by Gasteiger charge is 2.16. The van der Waals surface area contributed by atoms with E-state index in [-0.39, 0.29) is 8.41 Å². The van der Waals surface area contributed by atoms with Gasteiger partial charge in [0.2, 0.25) is 0 Å². The summed E-state index contributed by atoms with van der Waals surface area (Å²) in [5, 5.41) is 4.23. The standard InChI is InChI=1S/C21H21P.BH3/c1-16-4-10-19(11-5-16)22(20-12-6-17(2)7-13-20)21-14-8-18(3)9-15-21;/h4-15H,1-3H3;1H3. The van der Waals surface area contributed by atoms with Gasteiger partial charge in [-0.3, -0.25) is 0 Å². The number of hydrogen-bond donors (Lipinski definition) is 0. The Morgan fingerprint density at radius 1 is 0.435 bits per heavy atom. The van der Waals surface area contributed by atoms with Crippen LogP contribution in [0.15, 0.2) is 72.8 Å². The van der Waals surface area contributed by atoms with E-state index < -0.39 is 7.92 Å². The molecule has 0 N–H and O–H groups in total. The third-order valence-electron chi connectivity index (χ3n) is 3.88. The quantitative estimate of drug-likeness (QED) is 0.514. The summed E-state index contributed by atoms with van der Waals surface area (Å²) in [6, 6.07) is 27.0. The Hall–Kier alpha value is -1.85. The van der Waals surface area contributed by atoms with Gasteiger partial charge >= 0.3 is 0 Å². The summed E-state index contributed by atoms with van der Waals surface area (Å²) in [6.07, 6.45) is 0. The van der Waals surface area contributed by atoms with Crippen LogP contribution in [-0.2, 0) is 0 Å². The molecule has 0 heterocycles. The van der Waals surface area contributed by atoms with Crippen molar-refractivity contribution >= 4 is 32.2 Å². The number of aryl methyl sites for hydroxylation is 3. The molecule has 0 unspecified atom stereocenters. The minimum absolute atomic E-state index is 0. The lowest BCUT2D eigenvalue weighted by Crippen LogP contribution is -2.20. The van der Waals surface area contributed by atoms with Crippen LogP contribution in [0.2, 0.25) is 0 Å². The van der Waals surface area contributed by atoms with E-state index in [9.17, 15) is 0 Å². The summed E-state index contributed by atoms with van der Waals surface area (Å²) in [6.45, 7) is 6.43. The summed E-state index contributed by atoms with van der Waals surface area (Å²) in [5.74, 6) is 0. The van der Waals surface area contributed by atoms with E-state index in [0.717, 1.165) is 0 Å². The normalized spacial score (nSPS) is 10.4. The van der Waals surface area contributed by atoms with E-state index in [1.165, 1.54) is 32.6 Å². The van der Waals surface area contributed by atoms with Crippen LogP contribution in [0.3, 0.4) is 0 Å². The van der Waals surface area contributed by atoms with E-state index >= 15 is 0 Å². The molecule has 3 aromatic rings. The second-order valence-corrected chi connectivity index (χ2v) is 8.06. The molecule has 0 radical (unpaired) electrons. The third kappa shape index (κ3) is 4.12. The summed E-state index contributed by atoms with van der Waals surface area (Å²) in [5.41, 5.74) is 3.93. The lowest BCUT2D eigenvalue weighted by atomic mass is 10.2. The SMILES string of the molecule is B.Cc1ccc(P(c2ccc(C)cc2)c2ccc(C)cc2)cc1. The number of hydrogen-bond acceptors (Lipinski definition) is 0. The zero-order valence-corrected chi connectivity index (χ0v) is 14.3. The molecule has 0 saturated heterocycles. The Labute approximate surface area is 142 Å². The molecule has 2 heteroatoms. The topological polar surface area (TPSA) is 0 Å². The van der Waals surface area contributed by atoms with E-state index in [1.807, 2.05) is 0 Å². The van der Waals surface area contributed by atoms with Gasteiger partial charge in [0.1, 0.15) is 0 Å². The Morgan fingerprint density at radius 2 is 0.652 bits per heavy atom. The lowest BCUT2D eigenvalue weighted by molar-refractivity contribution is 1.48. The molecule has 23 heavy (non-hydrogen) atoms. The molecule has 0 bridgehead atoms. The van der Waals surface area contributed by atoms with Gasteiger partial charge in [0.25, 0.3) is 0 Å². The monoisotopic (exact) mass is 318 g/mol. The zero-order valence-electron chi connectivity index (χ0n) is 13.4. The van der Waals surface area contributed by atoms with Gasteiger partial charge in [-0.05, 0) is 44.6 Å². The molecule has 3 rings (SSSR count). The number of benzene rings is 3. The summed E-state index contributed by atoms with van der Waals surface area (Å²) >= 11 is 0. The molecule has 116 valence electrons. The predicted octanol–water partition coefficient (Wildman–Crippen LogP) is 3.19. The first-order chi connectivity index (χ1) is 10.6. The van der Waals surface area contributed by atoms with Crippen LogP contribution < -0.4 is 15.9 Å². The van der Waals surface area contributed by atoms with Gasteiger partial charge in [-0.1, -0.05) is 89.5 Å². The molecule has 0 nitrogen and oxygen atoms in total. The largest absolute Gasteiger partial charge is 0.0814 e. The molecule has 0 aliphatic carbocycles. The van der Waals surface area contributed by atoms with Crippen molar-refractivity contribution in [1.29, 1.82) is 0 Å². The van der Waals surface area contributed by atoms with Crippen LogP contribution in [-0.4, -0.2) is 8.41 Å². The maximum Gasteiger partial charge on any atom is 0.0814 e. The predicted molar refractivity (Wildman–Crippen MR) is 109 cm³/mol. The summed E-state index contributed by atoms with van der Waals surface area (Å²) in [7, 11) is -0.483. The van der Waals surface area contributed by atoms with Crippen LogP contribution in [0.4, 0.5) is 0 Å². The van der Waals surface area contributed by atoms with Crippen molar-refractivity contribution in [1.82, 2.24) is 0 Å². The van der Waals surface area contributed by atoms with Gasteiger partial charge in [0, 0.05) is 0 Å². The zero-order chi connectivity index (χ0) is 15.5. The second kappa shape index (κ2) is 7.62. The molecule has 0 amide bonds. The molecular formula is C21H24BP. The molecular weight excluding hydrogens is 294 g/mol. The fraction of sp³-hybridized carbons (Fsp3) is 0.143. The van der Waals surface area contributed by atoms with Crippen LogP contribution in [0, 0.1) is 20.8 Å². The van der Waals surface area contributed by atoms with Crippen molar-refractivity contribution in [3.8, 4) is 0 Å². The van der Waals surface area contributed by atoms with Crippen molar-refractivity contribution in [2.45, 2.75) is 20.8 Å². The third-order valence-corrected chi connectivity index (χ3v) is 6.32. The molecule has 0 atom stereocenters. The minimum Gasteiger partial charge on any atom is -0.0587 e. The highest BCUT2D eigenvalue weighted by Crippen LogP contribution is 2.32. The van der Waals surface area contributed by atoms with E-state index in [1.54, 1.807) is 0 Å². The van der Waals surface area contributed by atoms with Gasteiger partial charge < -0.3 is 0 Å². The Balaban J connectivity index is 0.00000192. The molecule has 0 aromatic heterocycles. The van der Waals surface area contributed by atoms with E-state index in [4.69, 9.17) is 0 Å². The van der Waals surface area contributed by atoms with E-state index in [2.05, 4.69) is 93.6 Å². The Bertz CT molecular complexity index is 635. The Morgan fingerprint density at radius 3 is 0.870 bits per heavy atom. The van der Waals surface area contributed by atoms with Crippen LogP contribution in [0.1, 0.15) is 16.7 Å². The molecule has 0 aliphatic rings. The first-order valence-corrected chi connectivity index (χ1v) is 8.98. The maximum absolute atomic E-state index is 2.28. The average molecular weight is 318 g/mol. The van der Waals surface area contributed by atoms with Crippen molar-refractivity contribution in [3.05, 3.63) is 89.5 Å². The molecule has 0 aliphatic heterocycles. The van der Waals surface area contributed by atoms with Gasteiger partial charge in [-0.15, -0.1) is 0 Å². The van der Waals surface area contributed by atoms with Crippen LogP contribution in [0.5, 0.6) is 0 Å². The minimum atomic E-state index is -0.483. The molecule has 0 saturated carbocycles. The second-order valence-electron chi connectivity index (χ2n) is 5.84. The van der Waals surface area contributed by atoms with Gasteiger partial charge in [0.15, 0.2) is 0 Å². The van der Waals surface area contributed by atoms with Crippen LogP contribution >= 0.6 is 7.92 Å². The first-order valence-electron chi connectivity index (χ1n) is 7.63. The fourth-order valence-electron chi connectivity index (χ4n) is 2.53. The van der Waals surface area contributed by atoms with Gasteiger partial charge in [-0.25, -0.2) is 0 Å². The van der Waals surface area contributed by atoms with Crippen LogP contribution in [0.25, 0.3) is 0 Å². The van der Waals surface area contributed by atoms with Crippen molar-refractivity contribution in [2.75, 3.05) is 0 Å². The highest BCUT2D eigenvalue weighted by molar-refractivity contribution is 7.79. The smallest absolute Gasteiger partial charge is 0.0587 e. The molecule has 3 aromatic carbocycles. The maximum atomic E-state index is 2.28. The van der Waals surface area contributed by atoms with Crippen molar-refractivity contribution in [2.24, 2.45) is 0 Å². The average Bonchev–Trinajstić information content (AvgIpc) is 2.53. The highest BCUT2D eigenvalue weighted by atomic mass is 31.1. The van der Waals surface area contributed by atoms with Gasteiger partial charge in [-0.2, -0.15) is 0 Å². The first kappa shape index (κ1) is 17.5. The molecule has 0 fully saturated rings. The van der Waals surface area contributed by atoms with Gasteiger partial charge in [0.05, 0.1) is 8.41 Å².